The first kappa shape index (κ1) is 14.8. The van der Waals surface area contributed by atoms with Crippen molar-refractivity contribution in [2.45, 2.75) is 19.5 Å². The Morgan fingerprint density at radius 1 is 1.40 bits per heavy atom. The zero-order chi connectivity index (χ0) is 14.7. The predicted octanol–water partition coefficient (Wildman–Crippen LogP) is 1.95. The number of nitrogens with zero attached hydrogens (tertiary/aromatic N) is 3. The summed E-state index contributed by atoms with van der Waals surface area (Å²) in [5.74, 6) is 1.35. The van der Waals surface area contributed by atoms with Gasteiger partial charge in [-0.15, -0.1) is 0 Å². The third-order valence-electron chi connectivity index (χ3n) is 4.10. The molecule has 1 aliphatic rings. The minimum atomic E-state index is 0.595. The zero-order valence-corrected chi connectivity index (χ0v) is 12.8. The lowest BCUT2D eigenvalue weighted by Gasteiger charge is -2.22. The molecule has 1 fully saturated rings. The number of hydrogen-bond donors (Lipinski definition) is 0. The van der Waals surface area contributed by atoms with Crippen LogP contribution in [0.15, 0.2) is 18.2 Å². The second-order valence-corrected chi connectivity index (χ2v) is 5.85. The summed E-state index contributed by atoms with van der Waals surface area (Å²) >= 11 is 0. The lowest BCUT2D eigenvalue weighted by Crippen LogP contribution is -2.34. The molecule has 0 aromatic heterocycles. The van der Waals surface area contributed by atoms with Crippen LogP contribution in [-0.4, -0.2) is 50.1 Å². The van der Waals surface area contributed by atoms with E-state index < -0.39 is 0 Å². The van der Waals surface area contributed by atoms with E-state index in [1.807, 2.05) is 18.2 Å². The van der Waals surface area contributed by atoms with E-state index in [4.69, 9.17) is 10.00 Å². The topological polar surface area (TPSA) is 39.5 Å². The van der Waals surface area contributed by atoms with Crippen molar-refractivity contribution in [3.63, 3.8) is 0 Å². The van der Waals surface area contributed by atoms with Crippen LogP contribution in [0.1, 0.15) is 18.1 Å². The first-order chi connectivity index (χ1) is 9.55. The number of benzene rings is 1. The molecule has 1 heterocycles. The van der Waals surface area contributed by atoms with Crippen LogP contribution in [0, 0.1) is 17.2 Å². The SMILES string of the molecule is COc1cc(CN2CC(C)C(N(C)C)C2)ccc1C#N. The Bertz CT molecular complexity index is 507. The molecular formula is C16H23N3O. The van der Waals surface area contributed by atoms with Gasteiger partial charge >= 0.3 is 0 Å². The van der Waals surface area contributed by atoms with E-state index in [1.165, 1.54) is 5.56 Å². The van der Waals surface area contributed by atoms with Gasteiger partial charge in [-0.05, 0) is 37.7 Å². The molecule has 1 aliphatic heterocycles. The Morgan fingerprint density at radius 3 is 2.70 bits per heavy atom. The van der Waals surface area contributed by atoms with Gasteiger partial charge in [-0.25, -0.2) is 0 Å². The van der Waals surface area contributed by atoms with E-state index in [-0.39, 0.29) is 0 Å². The molecular weight excluding hydrogens is 250 g/mol. The quantitative estimate of drug-likeness (QED) is 0.840. The van der Waals surface area contributed by atoms with E-state index in [1.54, 1.807) is 7.11 Å². The van der Waals surface area contributed by atoms with Crippen molar-refractivity contribution >= 4 is 0 Å². The maximum absolute atomic E-state index is 9.01. The van der Waals surface area contributed by atoms with E-state index in [0.29, 0.717) is 23.3 Å². The number of ether oxygens (including phenoxy) is 1. The molecule has 0 saturated carbocycles. The van der Waals surface area contributed by atoms with E-state index >= 15 is 0 Å². The number of likely N-dealkylation sites (N-methyl/N-ethyl adjacent to an activating group) is 1. The summed E-state index contributed by atoms with van der Waals surface area (Å²) in [5.41, 5.74) is 1.80. The normalized spacial score (nSPS) is 23.0. The summed E-state index contributed by atoms with van der Waals surface area (Å²) in [4.78, 5) is 4.78. The summed E-state index contributed by atoms with van der Waals surface area (Å²) in [5, 5.41) is 9.01. The number of methoxy groups -OCH3 is 1. The van der Waals surface area contributed by atoms with Gasteiger partial charge in [0.15, 0.2) is 0 Å². The minimum absolute atomic E-state index is 0.595. The lowest BCUT2D eigenvalue weighted by molar-refractivity contribution is 0.250. The number of rotatable bonds is 4. The second kappa shape index (κ2) is 6.25. The van der Waals surface area contributed by atoms with Gasteiger partial charge in [-0.1, -0.05) is 13.0 Å². The number of hydrogen-bond acceptors (Lipinski definition) is 4. The maximum atomic E-state index is 9.01. The van der Waals surface area contributed by atoms with E-state index in [0.717, 1.165) is 19.6 Å². The highest BCUT2D eigenvalue weighted by molar-refractivity contribution is 5.45. The van der Waals surface area contributed by atoms with Gasteiger partial charge in [0.1, 0.15) is 11.8 Å². The largest absolute Gasteiger partial charge is 0.495 e. The molecule has 0 radical (unpaired) electrons. The van der Waals surface area contributed by atoms with Gasteiger partial charge in [0.05, 0.1) is 12.7 Å². The fourth-order valence-electron chi connectivity index (χ4n) is 3.03. The Balaban J connectivity index is 2.06. The van der Waals surface area contributed by atoms with Gasteiger partial charge in [0, 0.05) is 25.7 Å². The summed E-state index contributed by atoms with van der Waals surface area (Å²) in [6, 6.07) is 8.62. The second-order valence-electron chi connectivity index (χ2n) is 5.85. The fraction of sp³-hybridized carbons (Fsp3) is 0.562. The molecule has 0 aliphatic carbocycles. The van der Waals surface area contributed by atoms with Crippen LogP contribution in [0.3, 0.4) is 0 Å². The monoisotopic (exact) mass is 273 g/mol. The Hall–Kier alpha value is -1.57. The van der Waals surface area contributed by atoms with Crippen molar-refractivity contribution in [3.05, 3.63) is 29.3 Å². The van der Waals surface area contributed by atoms with Crippen LogP contribution in [0.25, 0.3) is 0 Å². The minimum Gasteiger partial charge on any atom is -0.495 e. The molecule has 0 bridgehead atoms. The molecule has 0 N–H and O–H groups in total. The van der Waals surface area contributed by atoms with Crippen molar-refractivity contribution < 1.29 is 4.74 Å². The molecule has 1 saturated heterocycles. The Kier molecular flexibility index (Phi) is 4.64. The summed E-state index contributed by atoms with van der Waals surface area (Å²) in [7, 11) is 5.91. The highest BCUT2D eigenvalue weighted by Gasteiger charge is 2.30. The molecule has 2 atom stereocenters. The zero-order valence-electron chi connectivity index (χ0n) is 12.8. The van der Waals surface area contributed by atoms with E-state index in [2.05, 4.69) is 36.9 Å². The number of nitriles is 1. The van der Waals surface area contributed by atoms with Gasteiger partial charge in [0.25, 0.3) is 0 Å². The van der Waals surface area contributed by atoms with Crippen LogP contribution >= 0.6 is 0 Å². The van der Waals surface area contributed by atoms with Crippen molar-refractivity contribution in [2.24, 2.45) is 5.92 Å². The molecule has 0 amide bonds. The standard InChI is InChI=1S/C16H23N3O/c1-12-9-19(11-15(12)18(2)3)10-13-5-6-14(8-17)16(7-13)20-4/h5-7,12,15H,9-11H2,1-4H3. The van der Waals surface area contributed by atoms with Gasteiger partial charge in [-0.2, -0.15) is 5.26 Å². The average molecular weight is 273 g/mol. The molecule has 4 heteroatoms. The third kappa shape index (κ3) is 3.12. The number of likely N-dealkylation sites (tertiary alicyclic amines) is 1. The molecule has 4 nitrogen and oxygen atoms in total. The Morgan fingerprint density at radius 2 is 2.15 bits per heavy atom. The smallest absolute Gasteiger partial charge is 0.136 e. The van der Waals surface area contributed by atoms with Crippen LogP contribution in [0.2, 0.25) is 0 Å². The Labute approximate surface area is 121 Å². The van der Waals surface area contributed by atoms with Crippen LogP contribution in [-0.2, 0) is 6.54 Å². The molecule has 1 aromatic rings. The van der Waals surface area contributed by atoms with Gasteiger partial charge in [0.2, 0.25) is 0 Å². The molecule has 108 valence electrons. The van der Waals surface area contributed by atoms with E-state index in [9.17, 15) is 0 Å². The maximum Gasteiger partial charge on any atom is 0.136 e. The predicted molar refractivity (Wildman–Crippen MR) is 79.6 cm³/mol. The molecule has 20 heavy (non-hydrogen) atoms. The highest BCUT2D eigenvalue weighted by atomic mass is 16.5. The molecule has 2 unspecified atom stereocenters. The molecule has 2 rings (SSSR count). The van der Waals surface area contributed by atoms with Crippen molar-refractivity contribution in [1.29, 1.82) is 5.26 Å². The lowest BCUT2D eigenvalue weighted by atomic mass is 10.1. The summed E-state index contributed by atoms with van der Waals surface area (Å²) in [6.07, 6.45) is 0. The average Bonchev–Trinajstić information content (AvgIpc) is 2.79. The first-order valence-corrected chi connectivity index (χ1v) is 7.01. The highest BCUT2D eigenvalue weighted by Crippen LogP contribution is 2.24. The van der Waals surface area contributed by atoms with Crippen LogP contribution in [0.4, 0.5) is 0 Å². The fourth-order valence-corrected chi connectivity index (χ4v) is 3.03. The first-order valence-electron chi connectivity index (χ1n) is 7.01. The van der Waals surface area contributed by atoms with Crippen LogP contribution < -0.4 is 4.74 Å². The molecule has 1 aromatic carbocycles. The van der Waals surface area contributed by atoms with Crippen LogP contribution in [0.5, 0.6) is 5.75 Å². The van der Waals surface area contributed by atoms with Crippen molar-refractivity contribution in [1.82, 2.24) is 9.80 Å². The van der Waals surface area contributed by atoms with Gasteiger partial charge < -0.3 is 9.64 Å². The summed E-state index contributed by atoms with van der Waals surface area (Å²) < 4.78 is 5.27. The molecule has 0 spiro atoms. The van der Waals surface area contributed by atoms with Crippen molar-refractivity contribution in [3.8, 4) is 11.8 Å². The van der Waals surface area contributed by atoms with Gasteiger partial charge in [-0.3, -0.25) is 4.90 Å². The van der Waals surface area contributed by atoms with Crippen molar-refractivity contribution in [2.75, 3.05) is 34.3 Å². The third-order valence-corrected chi connectivity index (χ3v) is 4.10. The summed E-state index contributed by atoms with van der Waals surface area (Å²) in [6.45, 7) is 5.43.